The molecule has 0 N–H and O–H groups in total. The van der Waals surface area contributed by atoms with Crippen LogP contribution in [0.1, 0.15) is 19.8 Å². The molecule has 0 aliphatic carbocycles. The second-order valence-electron chi connectivity index (χ2n) is 3.90. The fourth-order valence-corrected chi connectivity index (χ4v) is 1.90. The van der Waals surface area contributed by atoms with Gasteiger partial charge in [-0.05, 0) is 31.2 Å². The van der Waals surface area contributed by atoms with Crippen molar-refractivity contribution in [3.8, 4) is 0 Å². The Morgan fingerprint density at radius 3 is 3.19 bits per heavy atom. The lowest BCUT2D eigenvalue weighted by Gasteiger charge is -2.32. The SMILES string of the molecule is CCOCC1CCCN(C(=O)CN=[N+]=[N-])C1. The Bertz CT molecular complexity index is 276. The van der Waals surface area contributed by atoms with Crippen molar-refractivity contribution in [3.05, 3.63) is 10.4 Å². The highest BCUT2D eigenvalue weighted by Gasteiger charge is 2.22. The van der Waals surface area contributed by atoms with E-state index in [2.05, 4.69) is 10.0 Å². The molecule has 16 heavy (non-hydrogen) atoms. The molecule has 0 bridgehead atoms. The van der Waals surface area contributed by atoms with Gasteiger partial charge in [-0.15, -0.1) is 0 Å². The molecule has 6 nitrogen and oxygen atoms in total. The van der Waals surface area contributed by atoms with Gasteiger partial charge in [0, 0.05) is 24.6 Å². The highest BCUT2D eigenvalue weighted by atomic mass is 16.5. The van der Waals surface area contributed by atoms with Crippen LogP contribution in [0.3, 0.4) is 0 Å². The van der Waals surface area contributed by atoms with Gasteiger partial charge in [0.25, 0.3) is 0 Å². The minimum Gasteiger partial charge on any atom is -0.381 e. The molecule has 0 aromatic rings. The number of piperidine rings is 1. The zero-order valence-electron chi connectivity index (χ0n) is 9.63. The van der Waals surface area contributed by atoms with Gasteiger partial charge in [-0.3, -0.25) is 4.79 Å². The minimum atomic E-state index is -0.0843. The lowest BCUT2D eigenvalue weighted by atomic mass is 9.99. The summed E-state index contributed by atoms with van der Waals surface area (Å²) in [5.41, 5.74) is 8.15. The number of likely N-dealkylation sites (tertiary alicyclic amines) is 1. The van der Waals surface area contributed by atoms with Crippen molar-refractivity contribution in [2.45, 2.75) is 19.8 Å². The molecular weight excluding hydrogens is 208 g/mol. The Kier molecular flexibility index (Phi) is 5.67. The molecule has 1 heterocycles. The van der Waals surface area contributed by atoms with Crippen LogP contribution < -0.4 is 0 Å². The number of ether oxygens (including phenoxy) is 1. The van der Waals surface area contributed by atoms with E-state index < -0.39 is 0 Å². The van der Waals surface area contributed by atoms with Crippen LogP contribution in [0.2, 0.25) is 0 Å². The van der Waals surface area contributed by atoms with E-state index in [-0.39, 0.29) is 12.5 Å². The Morgan fingerprint density at radius 1 is 1.69 bits per heavy atom. The summed E-state index contributed by atoms with van der Waals surface area (Å²) >= 11 is 0. The van der Waals surface area contributed by atoms with Crippen LogP contribution in [0.25, 0.3) is 10.4 Å². The third-order valence-corrected chi connectivity index (χ3v) is 2.70. The van der Waals surface area contributed by atoms with E-state index >= 15 is 0 Å². The van der Waals surface area contributed by atoms with Crippen LogP contribution in [-0.4, -0.2) is 43.7 Å². The number of rotatable bonds is 5. The third kappa shape index (κ3) is 4.08. The van der Waals surface area contributed by atoms with Crippen molar-refractivity contribution in [1.82, 2.24) is 4.90 Å². The largest absolute Gasteiger partial charge is 0.381 e. The predicted molar refractivity (Wildman–Crippen MR) is 59.8 cm³/mol. The van der Waals surface area contributed by atoms with E-state index in [1.165, 1.54) is 0 Å². The van der Waals surface area contributed by atoms with E-state index in [4.69, 9.17) is 10.3 Å². The summed E-state index contributed by atoms with van der Waals surface area (Å²) < 4.78 is 5.36. The maximum absolute atomic E-state index is 11.6. The van der Waals surface area contributed by atoms with E-state index in [1.54, 1.807) is 4.90 Å². The van der Waals surface area contributed by atoms with Crippen molar-refractivity contribution in [2.24, 2.45) is 11.0 Å². The lowest BCUT2D eigenvalue weighted by Crippen LogP contribution is -2.42. The summed E-state index contributed by atoms with van der Waals surface area (Å²) in [7, 11) is 0. The van der Waals surface area contributed by atoms with Gasteiger partial charge in [0.15, 0.2) is 0 Å². The van der Waals surface area contributed by atoms with Gasteiger partial charge in [-0.25, -0.2) is 0 Å². The molecule has 1 unspecified atom stereocenters. The summed E-state index contributed by atoms with van der Waals surface area (Å²) in [6.07, 6.45) is 2.10. The first-order chi connectivity index (χ1) is 7.77. The van der Waals surface area contributed by atoms with Crippen molar-refractivity contribution in [2.75, 3.05) is 32.8 Å². The summed E-state index contributed by atoms with van der Waals surface area (Å²) in [6, 6.07) is 0. The van der Waals surface area contributed by atoms with Crippen molar-refractivity contribution >= 4 is 5.91 Å². The zero-order valence-corrected chi connectivity index (χ0v) is 9.63. The van der Waals surface area contributed by atoms with Gasteiger partial charge in [-0.1, -0.05) is 5.11 Å². The summed E-state index contributed by atoms with van der Waals surface area (Å²) in [6.45, 7) is 4.80. The molecule has 90 valence electrons. The first-order valence-electron chi connectivity index (χ1n) is 5.64. The lowest BCUT2D eigenvalue weighted by molar-refractivity contribution is -0.131. The number of hydrogen-bond acceptors (Lipinski definition) is 3. The fraction of sp³-hybridized carbons (Fsp3) is 0.900. The number of hydrogen-bond donors (Lipinski definition) is 0. The Hall–Kier alpha value is -1.26. The quantitative estimate of drug-likeness (QED) is 0.405. The molecule has 1 saturated heterocycles. The van der Waals surface area contributed by atoms with E-state index in [9.17, 15) is 4.79 Å². The van der Waals surface area contributed by atoms with Crippen molar-refractivity contribution < 1.29 is 9.53 Å². The minimum absolute atomic E-state index is 0.0716. The average Bonchev–Trinajstić information content (AvgIpc) is 2.33. The molecule has 1 aliphatic rings. The van der Waals surface area contributed by atoms with Crippen LogP contribution >= 0.6 is 0 Å². The molecule has 0 aromatic carbocycles. The zero-order chi connectivity index (χ0) is 11.8. The van der Waals surface area contributed by atoms with Crippen molar-refractivity contribution in [1.29, 1.82) is 0 Å². The number of nitrogens with zero attached hydrogens (tertiary/aromatic N) is 4. The molecule has 1 amide bonds. The normalized spacial score (nSPS) is 20.3. The smallest absolute Gasteiger partial charge is 0.228 e. The fourth-order valence-electron chi connectivity index (χ4n) is 1.90. The Morgan fingerprint density at radius 2 is 2.50 bits per heavy atom. The van der Waals surface area contributed by atoms with Crippen LogP contribution in [0.4, 0.5) is 0 Å². The van der Waals surface area contributed by atoms with E-state index in [0.717, 1.165) is 25.9 Å². The van der Waals surface area contributed by atoms with Gasteiger partial charge in [0.2, 0.25) is 5.91 Å². The van der Waals surface area contributed by atoms with E-state index in [1.807, 2.05) is 6.92 Å². The Balaban J connectivity index is 2.37. The molecule has 1 fully saturated rings. The molecule has 0 aromatic heterocycles. The summed E-state index contributed by atoms with van der Waals surface area (Å²) in [5, 5.41) is 3.29. The van der Waals surface area contributed by atoms with Crippen LogP contribution in [0.15, 0.2) is 5.11 Å². The third-order valence-electron chi connectivity index (χ3n) is 2.70. The van der Waals surface area contributed by atoms with Crippen LogP contribution in [0, 0.1) is 5.92 Å². The van der Waals surface area contributed by atoms with Gasteiger partial charge >= 0.3 is 0 Å². The van der Waals surface area contributed by atoms with E-state index in [0.29, 0.717) is 19.1 Å². The van der Waals surface area contributed by atoms with Crippen molar-refractivity contribution in [3.63, 3.8) is 0 Å². The van der Waals surface area contributed by atoms with Gasteiger partial charge in [0.05, 0.1) is 6.61 Å². The molecule has 1 atom stereocenters. The second-order valence-corrected chi connectivity index (χ2v) is 3.90. The first kappa shape index (κ1) is 12.8. The Labute approximate surface area is 95.2 Å². The topological polar surface area (TPSA) is 78.3 Å². The molecule has 0 spiro atoms. The first-order valence-corrected chi connectivity index (χ1v) is 5.64. The van der Waals surface area contributed by atoms with Gasteiger partial charge < -0.3 is 9.64 Å². The second kappa shape index (κ2) is 7.09. The molecular formula is C10H18N4O2. The number of carbonyl (C=O) groups is 1. The highest BCUT2D eigenvalue weighted by molar-refractivity contribution is 5.78. The summed E-state index contributed by atoms with van der Waals surface area (Å²) in [4.78, 5) is 16.0. The number of amides is 1. The average molecular weight is 226 g/mol. The molecule has 0 saturated carbocycles. The van der Waals surface area contributed by atoms with Crippen LogP contribution in [-0.2, 0) is 9.53 Å². The van der Waals surface area contributed by atoms with Crippen LogP contribution in [0.5, 0.6) is 0 Å². The molecule has 6 heteroatoms. The standard InChI is InChI=1S/C10H18N4O2/c1-2-16-8-9-4-3-5-14(7-9)10(15)6-12-13-11/h9H,2-8H2,1H3. The molecule has 1 aliphatic heterocycles. The maximum atomic E-state index is 11.6. The van der Waals surface area contributed by atoms with Gasteiger partial charge in [-0.2, -0.15) is 0 Å². The van der Waals surface area contributed by atoms with Gasteiger partial charge in [0.1, 0.15) is 6.54 Å². The number of azide groups is 1. The molecule has 0 radical (unpaired) electrons. The number of carbonyl (C=O) groups excluding carboxylic acids is 1. The monoisotopic (exact) mass is 226 g/mol. The summed E-state index contributed by atoms with van der Waals surface area (Å²) in [5.74, 6) is 0.336. The predicted octanol–water partition coefficient (Wildman–Crippen LogP) is 1.57. The molecule has 1 rings (SSSR count). The maximum Gasteiger partial charge on any atom is 0.228 e. The highest BCUT2D eigenvalue weighted by Crippen LogP contribution is 2.16.